The number of benzene rings is 4. The number of alkyl halides is 3. The van der Waals surface area contributed by atoms with Gasteiger partial charge in [0.15, 0.2) is 0 Å². The van der Waals surface area contributed by atoms with Crippen LogP contribution in [0.25, 0.3) is 0 Å². The van der Waals surface area contributed by atoms with Crippen molar-refractivity contribution < 1.29 is 47.0 Å². The summed E-state index contributed by atoms with van der Waals surface area (Å²) in [5.41, 5.74) is 1.24. The van der Waals surface area contributed by atoms with Gasteiger partial charge in [-0.15, -0.1) is 0 Å². The molecule has 0 saturated carbocycles. The first-order valence-electron chi connectivity index (χ1n) is 18.2. The highest BCUT2D eigenvalue weighted by Gasteiger charge is 2.34. The number of anilines is 1. The molecule has 5 amide bonds. The van der Waals surface area contributed by atoms with Gasteiger partial charge in [-0.2, -0.15) is 18.4 Å². The van der Waals surface area contributed by atoms with Crippen LogP contribution in [0, 0.1) is 11.3 Å². The van der Waals surface area contributed by atoms with Crippen molar-refractivity contribution in [3.63, 3.8) is 0 Å². The van der Waals surface area contributed by atoms with E-state index < -0.39 is 71.4 Å². The number of rotatable bonds is 7. The summed E-state index contributed by atoms with van der Waals surface area (Å²) in [5.74, 6) is -5.37. The van der Waals surface area contributed by atoms with Crippen LogP contribution < -0.4 is 26.6 Å². The van der Waals surface area contributed by atoms with Gasteiger partial charge in [-0.1, -0.05) is 72.8 Å². The monoisotopic (exact) mass is 796 g/mol. The molecule has 2 bridgehead atoms. The highest BCUT2D eigenvalue weighted by Crippen LogP contribution is 2.29. The van der Waals surface area contributed by atoms with Gasteiger partial charge >= 0.3 is 12.1 Å². The third-order valence-corrected chi connectivity index (χ3v) is 9.35. The summed E-state index contributed by atoms with van der Waals surface area (Å²) < 4.78 is 40.2. The van der Waals surface area contributed by atoms with Crippen LogP contribution in [0.3, 0.4) is 0 Å². The first-order chi connectivity index (χ1) is 27.7. The lowest BCUT2D eigenvalue weighted by atomic mass is 9.98. The third-order valence-electron chi connectivity index (χ3n) is 9.35. The van der Waals surface area contributed by atoms with E-state index in [1.807, 2.05) is 6.07 Å². The van der Waals surface area contributed by atoms with Crippen LogP contribution >= 0.6 is 0 Å². The average Bonchev–Trinajstić information content (AvgIpc) is 3.19. The molecule has 0 fully saturated rings. The number of halogens is 3. The maximum atomic E-state index is 14.2. The van der Waals surface area contributed by atoms with Gasteiger partial charge in [0.1, 0.15) is 24.2 Å². The summed E-state index contributed by atoms with van der Waals surface area (Å²) in [7, 11) is 0. The minimum absolute atomic E-state index is 0.121. The van der Waals surface area contributed by atoms with Gasteiger partial charge in [-0.05, 0) is 52.6 Å². The standard InChI is InChI=1S/C42H39F3N6O7/c43-42(44,45)30-14-10-26(11-15-30)21-33-38(54)49-32(20-25-6-2-1-3-7-25)39(55)51-35(41(57)58)22-27-12-16-31(17-13-27)47-36(52)18-19-37(53)48-34(40(56)50-33)23-28-8-4-5-9-29(28)24-46/h1-17,32-35H,18-23H2,(H,47,52)(H,48,53)(H,49,54)(H,50,56)(H,51,55)(H,57,58). The number of hydrogen-bond acceptors (Lipinski definition) is 7. The lowest BCUT2D eigenvalue weighted by Crippen LogP contribution is -2.59. The Morgan fingerprint density at radius 1 is 0.655 bits per heavy atom. The molecule has 0 aromatic heterocycles. The van der Waals surface area contributed by atoms with Crippen molar-refractivity contribution in [2.45, 2.75) is 68.9 Å². The van der Waals surface area contributed by atoms with E-state index in [0.29, 0.717) is 22.4 Å². The number of aliphatic carboxylic acids is 1. The molecule has 2 aliphatic rings. The van der Waals surface area contributed by atoms with Gasteiger partial charge in [-0.3, -0.25) is 24.0 Å². The second-order valence-corrected chi connectivity index (χ2v) is 13.7. The number of carboxylic acids is 1. The number of amides is 5. The fraction of sp³-hybridized carbons (Fsp3) is 0.262. The van der Waals surface area contributed by atoms with E-state index in [-0.39, 0.29) is 49.7 Å². The Labute approximate surface area is 331 Å². The van der Waals surface area contributed by atoms with E-state index in [4.69, 9.17) is 0 Å². The summed E-state index contributed by atoms with van der Waals surface area (Å²) >= 11 is 0. The normalized spacial score (nSPS) is 19.9. The zero-order chi connectivity index (χ0) is 41.8. The highest BCUT2D eigenvalue weighted by molar-refractivity contribution is 5.97. The maximum Gasteiger partial charge on any atom is 0.416 e. The highest BCUT2D eigenvalue weighted by atomic mass is 19.4. The molecular formula is C42H39F3N6O7. The van der Waals surface area contributed by atoms with Crippen LogP contribution in [0.1, 0.15) is 46.2 Å². The van der Waals surface area contributed by atoms with Crippen molar-refractivity contribution in [2.24, 2.45) is 0 Å². The SMILES string of the molecule is N#Cc1ccccc1CC1NC(=O)CCC(=O)Nc2ccc(cc2)CC(C(=O)O)NC(=O)C(Cc2ccccc2)NC(=O)C(Cc2ccc(C(F)(F)F)cc2)NC1=O. The number of carbonyl (C=O) groups excluding carboxylic acids is 5. The zero-order valence-corrected chi connectivity index (χ0v) is 30.8. The molecule has 0 spiro atoms. The van der Waals surface area contributed by atoms with E-state index in [9.17, 15) is 52.3 Å². The summed E-state index contributed by atoms with van der Waals surface area (Å²) in [4.78, 5) is 80.7. The Kier molecular flexibility index (Phi) is 14.0. The molecular weight excluding hydrogens is 757 g/mol. The number of nitrogens with zero attached hydrogens (tertiary/aromatic N) is 1. The van der Waals surface area contributed by atoms with Crippen LogP contribution in [-0.4, -0.2) is 64.8 Å². The Morgan fingerprint density at radius 2 is 1.19 bits per heavy atom. The molecule has 4 aromatic carbocycles. The largest absolute Gasteiger partial charge is 0.480 e. The molecule has 2 heterocycles. The van der Waals surface area contributed by atoms with Gasteiger partial charge in [0.05, 0.1) is 17.2 Å². The van der Waals surface area contributed by atoms with Gasteiger partial charge < -0.3 is 31.7 Å². The number of nitrogens with one attached hydrogen (secondary N) is 5. The number of hydrogen-bond donors (Lipinski definition) is 6. The number of nitriles is 1. The van der Waals surface area contributed by atoms with Gasteiger partial charge in [0, 0.05) is 44.2 Å². The molecule has 13 nitrogen and oxygen atoms in total. The van der Waals surface area contributed by atoms with Crippen molar-refractivity contribution in [3.8, 4) is 6.07 Å². The minimum atomic E-state index is -4.65. The molecule has 58 heavy (non-hydrogen) atoms. The predicted molar refractivity (Wildman–Crippen MR) is 204 cm³/mol. The van der Waals surface area contributed by atoms with E-state index in [1.54, 1.807) is 60.7 Å². The fourth-order valence-electron chi connectivity index (χ4n) is 6.26. The Hall–Kier alpha value is -7.02. The van der Waals surface area contributed by atoms with Crippen LogP contribution in [0.4, 0.5) is 18.9 Å². The molecule has 0 radical (unpaired) electrons. The fourth-order valence-corrected chi connectivity index (χ4v) is 6.26. The topological polar surface area (TPSA) is 207 Å². The number of carboxylic acid groups (broad SMARTS) is 1. The summed E-state index contributed by atoms with van der Waals surface area (Å²) in [5, 5.41) is 32.7. The summed E-state index contributed by atoms with van der Waals surface area (Å²) in [6.07, 6.45) is -6.22. The smallest absolute Gasteiger partial charge is 0.416 e. The second kappa shape index (κ2) is 19.2. The molecule has 6 N–H and O–H groups in total. The zero-order valence-electron chi connectivity index (χ0n) is 30.8. The molecule has 4 atom stereocenters. The van der Waals surface area contributed by atoms with Crippen molar-refractivity contribution in [2.75, 3.05) is 5.32 Å². The van der Waals surface area contributed by atoms with Gasteiger partial charge in [0.25, 0.3) is 0 Å². The van der Waals surface area contributed by atoms with Crippen LogP contribution in [-0.2, 0) is 60.6 Å². The Bertz CT molecular complexity index is 2170. The Balaban J connectivity index is 1.54. The van der Waals surface area contributed by atoms with E-state index in [1.165, 1.54) is 18.2 Å². The van der Waals surface area contributed by atoms with Crippen molar-refractivity contribution in [1.82, 2.24) is 21.3 Å². The predicted octanol–water partition coefficient (Wildman–Crippen LogP) is 3.60. The molecule has 300 valence electrons. The van der Waals surface area contributed by atoms with Crippen LogP contribution in [0.15, 0.2) is 103 Å². The summed E-state index contributed by atoms with van der Waals surface area (Å²) in [6.45, 7) is 0. The van der Waals surface area contributed by atoms with E-state index in [2.05, 4.69) is 26.6 Å². The van der Waals surface area contributed by atoms with Crippen molar-refractivity contribution >= 4 is 41.2 Å². The van der Waals surface area contributed by atoms with Gasteiger partial charge in [-0.25, -0.2) is 4.79 Å². The lowest BCUT2D eigenvalue weighted by Gasteiger charge is -2.26. The van der Waals surface area contributed by atoms with Crippen LogP contribution in [0.5, 0.6) is 0 Å². The summed E-state index contributed by atoms with van der Waals surface area (Å²) in [6, 6.07) is 21.0. The molecule has 4 aromatic rings. The quantitative estimate of drug-likeness (QED) is 0.152. The van der Waals surface area contributed by atoms with Crippen molar-refractivity contribution in [1.29, 1.82) is 5.26 Å². The molecule has 6 rings (SSSR count). The van der Waals surface area contributed by atoms with E-state index in [0.717, 1.165) is 24.3 Å². The first kappa shape index (κ1) is 42.1. The average molecular weight is 797 g/mol. The number of carbonyl (C=O) groups is 6. The van der Waals surface area contributed by atoms with Crippen molar-refractivity contribution in [3.05, 3.63) is 137 Å². The van der Waals surface area contributed by atoms with Gasteiger partial charge in [0.2, 0.25) is 29.5 Å². The molecule has 16 heteroatoms. The maximum absolute atomic E-state index is 14.2. The molecule has 0 aliphatic carbocycles. The lowest BCUT2D eigenvalue weighted by molar-refractivity contribution is -0.142. The third kappa shape index (κ3) is 12.0. The first-order valence-corrected chi connectivity index (χ1v) is 18.2. The minimum Gasteiger partial charge on any atom is -0.480 e. The molecule has 0 saturated heterocycles. The number of fused-ring (bicyclic) bond motifs is 18. The molecule has 4 unspecified atom stereocenters. The van der Waals surface area contributed by atoms with Crippen LogP contribution in [0.2, 0.25) is 0 Å². The Morgan fingerprint density at radius 3 is 1.78 bits per heavy atom. The molecule has 2 aliphatic heterocycles. The van der Waals surface area contributed by atoms with E-state index >= 15 is 0 Å². The second-order valence-electron chi connectivity index (χ2n) is 13.7.